The van der Waals surface area contributed by atoms with Gasteiger partial charge >= 0.3 is 0 Å². The molecule has 0 heterocycles. The molecule has 0 unspecified atom stereocenters. The molecule has 0 atom stereocenters. The summed E-state index contributed by atoms with van der Waals surface area (Å²) < 4.78 is 0. The lowest BCUT2D eigenvalue weighted by Gasteiger charge is -2.14. The third kappa shape index (κ3) is 0.932. The van der Waals surface area contributed by atoms with Crippen molar-refractivity contribution in [3.05, 3.63) is 22.9 Å². The molecular formula is C6H4N4O2. The summed E-state index contributed by atoms with van der Waals surface area (Å²) in [7, 11) is 0. The van der Waals surface area contributed by atoms with Gasteiger partial charge in [-0.05, 0) is 0 Å². The maximum absolute atomic E-state index is 8.91. The summed E-state index contributed by atoms with van der Waals surface area (Å²) in [6, 6.07) is 3.34. The van der Waals surface area contributed by atoms with Crippen LogP contribution in [0, 0.1) is 10.8 Å². The Morgan fingerprint density at radius 3 is 1.50 bits per heavy atom. The standard InChI is InChI=1S/C6H4N4O2/c7-1-9-3-4(10-2-8)6(12)5(3)11/h7-8,11-12H. The minimum atomic E-state index is -0.441. The molecule has 0 aromatic heterocycles. The molecule has 1 aliphatic carbocycles. The van der Waals surface area contributed by atoms with E-state index < -0.39 is 11.5 Å². The third-order valence-corrected chi connectivity index (χ3v) is 1.23. The maximum Gasteiger partial charge on any atom is 0.189 e. The molecule has 4 N–H and O–H groups in total. The Labute approximate surface area is 66.9 Å². The topological polar surface area (TPSA) is 113 Å². The van der Waals surface area contributed by atoms with E-state index in [4.69, 9.17) is 21.0 Å². The first-order chi connectivity index (χ1) is 5.72. The van der Waals surface area contributed by atoms with E-state index in [2.05, 4.69) is 9.98 Å². The molecule has 6 heteroatoms. The Morgan fingerprint density at radius 1 is 0.917 bits per heavy atom. The molecule has 0 spiro atoms. The van der Waals surface area contributed by atoms with Crippen LogP contribution in [0.5, 0.6) is 0 Å². The largest absolute Gasteiger partial charge is 0.503 e. The van der Waals surface area contributed by atoms with Crippen molar-refractivity contribution < 1.29 is 10.2 Å². The van der Waals surface area contributed by atoms with Crippen molar-refractivity contribution in [1.29, 1.82) is 10.8 Å². The van der Waals surface area contributed by atoms with Crippen molar-refractivity contribution in [2.24, 2.45) is 9.98 Å². The van der Waals surface area contributed by atoms with Crippen LogP contribution in [0.4, 0.5) is 0 Å². The van der Waals surface area contributed by atoms with Crippen molar-refractivity contribution >= 4 is 12.0 Å². The molecule has 0 fully saturated rings. The molecule has 0 aliphatic heterocycles. The zero-order valence-corrected chi connectivity index (χ0v) is 5.79. The summed E-state index contributed by atoms with van der Waals surface area (Å²) in [4.78, 5) is 6.55. The molecule has 0 bridgehead atoms. The molecular weight excluding hydrogens is 160 g/mol. The van der Waals surface area contributed by atoms with Gasteiger partial charge in [-0.15, -0.1) is 0 Å². The lowest BCUT2D eigenvalue weighted by molar-refractivity contribution is 0.320. The second kappa shape index (κ2) is 2.84. The number of aliphatic hydroxyl groups excluding tert-OH is 2. The zero-order valence-electron chi connectivity index (χ0n) is 5.79. The normalized spacial score (nSPS) is 14.7. The van der Waals surface area contributed by atoms with E-state index >= 15 is 0 Å². The van der Waals surface area contributed by atoms with Gasteiger partial charge in [-0.25, -0.2) is 10.8 Å². The Morgan fingerprint density at radius 2 is 1.25 bits per heavy atom. The molecule has 0 aromatic carbocycles. The van der Waals surface area contributed by atoms with Crippen LogP contribution in [0.2, 0.25) is 0 Å². The van der Waals surface area contributed by atoms with Gasteiger partial charge in [-0.2, -0.15) is 9.98 Å². The zero-order chi connectivity index (χ0) is 9.14. The van der Waals surface area contributed by atoms with Gasteiger partial charge in [0, 0.05) is 0 Å². The number of hydrogen-bond acceptors (Lipinski definition) is 6. The summed E-state index contributed by atoms with van der Waals surface area (Å²) in [6.45, 7) is 0. The van der Waals surface area contributed by atoms with Crippen LogP contribution in [-0.4, -0.2) is 22.2 Å². The summed E-state index contributed by atoms with van der Waals surface area (Å²) >= 11 is 0. The van der Waals surface area contributed by atoms with Crippen molar-refractivity contribution in [3.63, 3.8) is 0 Å². The fraction of sp³-hybridized carbons (Fsp3) is 0. The van der Waals surface area contributed by atoms with E-state index in [9.17, 15) is 0 Å². The summed E-state index contributed by atoms with van der Waals surface area (Å²) in [5.74, 6) is -0.882. The monoisotopic (exact) mass is 164 g/mol. The van der Waals surface area contributed by atoms with Crippen molar-refractivity contribution in [1.82, 2.24) is 0 Å². The van der Waals surface area contributed by atoms with Gasteiger partial charge in [0.2, 0.25) is 0 Å². The number of nitrogens with zero attached hydrogens (tertiary/aromatic N) is 2. The van der Waals surface area contributed by atoms with Crippen molar-refractivity contribution in [2.75, 3.05) is 0 Å². The Bertz CT molecular complexity index is 344. The Hall–Kier alpha value is -2.16. The Balaban J connectivity index is 3.10. The van der Waals surface area contributed by atoms with Crippen LogP contribution in [0.3, 0.4) is 0 Å². The van der Waals surface area contributed by atoms with Crippen LogP contribution in [0.25, 0.3) is 0 Å². The maximum atomic E-state index is 8.91. The molecule has 12 heavy (non-hydrogen) atoms. The molecule has 0 aromatic rings. The van der Waals surface area contributed by atoms with E-state index in [0.717, 1.165) is 0 Å². The molecule has 0 amide bonds. The van der Waals surface area contributed by atoms with E-state index in [1.165, 1.54) is 0 Å². The molecule has 6 nitrogen and oxygen atoms in total. The second-order valence-electron chi connectivity index (χ2n) is 1.84. The minimum absolute atomic E-state index is 0.0535. The number of nitrogens with one attached hydrogen (secondary N) is 2. The van der Waals surface area contributed by atoms with Crippen LogP contribution in [0.1, 0.15) is 0 Å². The quantitative estimate of drug-likeness (QED) is 0.457. The number of aliphatic hydroxyl groups is 2. The lowest BCUT2D eigenvalue weighted by atomic mass is 10.1. The smallest absolute Gasteiger partial charge is 0.189 e. The summed E-state index contributed by atoms with van der Waals surface area (Å²) in [5.41, 5.74) is -0.107. The SMILES string of the molecule is N=C=NC1=C(N=C=N)C(O)=C1O. The first-order valence-electron chi connectivity index (χ1n) is 2.84. The highest BCUT2D eigenvalue weighted by molar-refractivity contribution is 5.59. The molecule has 1 aliphatic rings. The van der Waals surface area contributed by atoms with Crippen LogP contribution >= 0.6 is 0 Å². The first kappa shape index (κ1) is 7.94. The van der Waals surface area contributed by atoms with Gasteiger partial charge in [0.1, 0.15) is 0 Å². The van der Waals surface area contributed by atoms with E-state index in [0.29, 0.717) is 0 Å². The van der Waals surface area contributed by atoms with Gasteiger partial charge in [-0.1, -0.05) is 0 Å². The molecule has 0 radical (unpaired) electrons. The van der Waals surface area contributed by atoms with Gasteiger partial charge in [-0.3, -0.25) is 0 Å². The van der Waals surface area contributed by atoms with Crippen LogP contribution in [0.15, 0.2) is 32.9 Å². The predicted octanol–water partition coefficient (Wildman–Crippen LogP) is 1.04. The minimum Gasteiger partial charge on any atom is -0.503 e. The van der Waals surface area contributed by atoms with Crippen LogP contribution < -0.4 is 0 Å². The number of hydrogen-bond donors (Lipinski definition) is 4. The van der Waals surface area contributed by atoms with Crippen molar-refractivity contribution in [3.8, 4) is 0 Å². The number of rotatable bonds is 2. The molecule has 60 valence electrons. The van der Waals surface area contributed by atoms with Gasteiger partial charge in [0.25, 0.3) is 0 Å². The summed E-state index contributed by atoms with van der Waals surface area (Å²) in [5, 5.41) is 30.8. The second-order valence-corrected chi connectivity index (χ2v) is 1.84. The van der Waals surface area contributed by atoms with E-state index in [-0.39, 0.29) is 11.4 Å². The highest BCUT2D eigenvalue weighted by atomic mass is 16.3. The van der Waals surface area contributed by atoms with Gasteiger partial charge in [0.05, 0.1) is 12.0 Å². The van der Waals surface area contributed by atoms with Crippen molar-refractivity contribution in [2.45, 2.75) is 0 Å². The van der Waals surface area contributed by atoms with Crippen LogP contribution in [-0.2, 0) is 0 Å². The summed E-state index contributed by atoms with van der Waals surface area (Å²) in [6.07, 6.45) is 0. The Kier molecular flexibility index (Phi) is 1.88. The molecule has 0 saturated heterocycles. The van der Waals surface area contributed by atoms with Gasteiger partial charge in [0.15, 0.2) is 22.9 Å². The lowest BCUT2D eigenvalue weighted by Crippen LogP contribution is -2.09. The third-order valence-electron chi connectivity index (χ3n) is 1.23. The highest BCUT2D eigenvalue weighted by Crippen LogP contribution is 2.32. The van der Waals surface area contributed by atoms with E-state index in [1.807, 2.05) is 0 Å². The average molecular weight is 164 g/mol. The fourth-order valence-electron chi connectivity index (χ4n) is 0.710. The van der Waals surface area contributed by atoms with E-state index in [1.54, 1.807) is 12.0 Å². The first-order valence-corrected chi connectivity index (χ1v) is 2.84. The molecule has 1 rings (SSSR count). The fourth-order valence-corrected chi connectivity index (χ4v) is 0.710. The predicted molar refractivity (Wildman–Crippen MR) is 39.6 cm³/mol. The number of aliphatic imine (C=N–C) groups is 2. The highest BCUT2D eigenvalue weighted by Gasteiger charge is 2.29. The average Bonchev–Trinajstić information content (AvgIpc) is 2.10. The molecule has 0 saturated carbocycles. The van der Waals surface area contributed by atoms with Gasteiger partial charge < -0.3 is 10.2 Å².